The quantitative estimate of drug-likeness (QED) is 0.901. The molecular formula is C13H17N3S. The topological polar surface area (TPSA) is 37.8 Å². The second-order valence-electron chi connectivity index (χ2n) is 4.32. The van der Waals surface area contributed by atoms with Crippen molar-refractivity contribution < 1.29 is 0 Å². The number of anilines is 1. The molecule has 1 aromatic carbocycles. The van der Waals surface area contributed by atoms with Crippen LogP contribution in [0.2, 0.25) is 0 Å². The molecule has 4 heteroatoms. The molecule has 0 bridgehead atoms. The molecule has 1 heterocycles. The van der Waals surface area contributed by atoms with E-state index in [1.165, 1.54) is 22.7 Å². The average molecular weight is 247 g/mol. The molecule has 0 saturated carbocycles. The molecular weight excluding hydrogens is 230 g/mol. The molecule has 0 fully saturated rings. The molecule has 0 amide bonds. The number of nitrogens with one attached hydrogen (secondary N) is 1. The van der Waals surface area contributed by atoms with Crippen molar-refractivity contribution in [3.63, 3.8) is 0 Å². The third kappa shape index (κ3) is 3.27. The molecule has 0 saturated heterocycles. The Bertz CT molecular complexity index is 493. The van der Waals surface area contributed by atoms with Gasteiger partial charge in [-0.1, -0.05) is 24.3 Å². The van der Waals surface area contributed by atoms with Gasteiger partial charge in [0, 0.05) is 17.6 Å². The predicted octanol–water partition coefficient (Wildman–Crippen LogP) is 3.20. The van der Waals surface area contributed by atoms with E-state index in [-0.39, 0.29) is 0 Å². The van der Waals surface area contributed by atoms with Crippen LogP contribution in [0.5, 0.6) is 0 Å². The van der Waals surface area contributed by atoms with Crippen LogP contribution in [0.25, 0.3) is 0 Å². The predicted molar refractivity (Wildman–Crippen MR) is 72.6 cm³/mol. The number of rotatable bonds is 4. The van der Waals surface area contributed by atoms with Crippen LogP contribution in [0.1, 0.15) is 23.9 Å². The Morgan fingerprint density at radius 2 is 2.06 bits per heavy atom. The van der Waals surface area contributed by atoms with Gasteiger partial charge in [-0.2, -0.15) is 4.37 Å². The third-order valence-corrected chi connectivity index (χ3v) is 3.42. The number of nitrogens with zero attached hydrogens (tertiary/aromatic N) is 2. The summed E-state index contributed by atoms with van der Waals surface area (Å²) in [6, 6.07) is 8.86. The van der Waals surface area contributed by atoms with Gasteiger partial charge in [0.2, 0.25) is 5.13 Å². The van der Waals surface area contributed by atoms with E-state index in [4.69, 9.17) is 0 Å². The highest BCUT2D eigenvalue weighted by atomic mass is 32.1. The minimum Gasteiger partial charge on any atom is -0.357 e. The number of aryl methyl sites for hydroxylation is 2. The molecule has 17 heavy (non-hydrogen) atoms. The van der Waals surface area contributed by atoms with E-state index in [9.17, 15) is 0 Å². The first-order valence-corrected chi connectivity index (χ1v) is 6.54. The van der Waals surface area contributed by atoms with Crippen LogP contribution in [0, 0.1) is 13.8 Å². The molecule has 1 aromatic heterocycles. The maximum absolute atomic E-state index is 4.31. The monoisotopic (exact) mass is 247 g/mol. The average Bonchev–Trinajstić information content (AvgIpc) is 2.67. The van der Waals surface area contributed by atoms with Crippen LogP contribution in [-0.4, -0.2) is 15.4 Å². The maximum Gasteiger partial charge on any atom is 0.202 e. The summed E-state index contributed by atoms with van der Waals surface area (Å²) < 4.78 is 4.16. The van der Waals surface area contributed by atoms with Crippen molar-refractivity contribution in [3.8, 4) is 0 Å². The third-order valence-electron chi connectivity index (χ3n) is 2.68. The van der Waals surface area contributed by atoms with Crippen molar-refractivity contribution in [2.24, 2.45) is 0 Å². The van der Waals surface area contributed by atoms with Crippen LogP contribution in [0.3, 0.4) is 0 Å². The Morgan fingerprint density at radius 3 is 2.71 bits per heavy atom. The minimum atomic E-state index is 0.364. The van der Waals surface area contributed by atoms with E-state index < -0.39 is 0 Å². The first kappa shape index (κ1) is 12.0. The zero-order valence-electron chi connectivity index (χ0n) is 10.4. The van der Waals surface area contributed by atoms with Crippen molar-refractivity contribution in [2.75, 3.05) is 5.32 Å². The summed E-state index contributed by atoms with van der Waals surface area (Å²) in [6.45, 7) is 6.23. The summed E-state index contributed by atoms with van der Waals surface area (Å²) in [5.41, 5.74) is 2.73. The molecule has 2 aromatic rings. The van der Waals surface area contributed by atoms with Gasteiger partial charge in [0.15, 0.2) is 0 Å². The molecule has 0 aliphatic heterocycles. The zero-order valence-corrected chi connectivity index (χ0v) is 11.2. The normalized spacial score (nSPS) is 12.4. The lowest BCUT2D eigenvalue weighted by Crippen LogP contribution is -2.18. The van der Waals surface area contributed by atoms with Crippen molar-refractivity contribution in [1.82, 2.24) is 9.36 Å². The lowest BCUT2D eigenvalue weighted by molar-refractivity contribution is 0.784. The van der Waals surface area contributed by atoms with E-state index in [2.05, 4.69) is 52.8 Å². The standard InChI is InChI=1S/C13H17N3S/c1-9-6-4-5-7-12(9)8-10(2)14-13-15-11(3)16-17-13/h4-7,10H,8H2,1-3H3,(H,14,15,16). The Morgan fingerprint density at radius 1 is 1.29 bits per heavy atom. The first-order valence-electron chi connectivity index (χ1n) is 5.76. The Kier molecular flexibility index (Phi) is 3.74. The fourth-order valence-electron chi connectivity index (χ4n) is 1.79. The highest BCUT2D eigenvalue weighted by Gasteiger charge is 2.07. The molecule has 1 atom stereocenters. The molecule has 1 unspecified atom stereocenters. The van der Waals surface area contributed by atoms with Gasteiger partial charge < -0.3 is 5.32 Å². The van der Waals surface area contributed by atoms with Gasteiger partial charge in [0.25, 0.3) is 0 Å². The Hall–Kier alpha value is -1.42. The van der Waals surface area contributed by atoms with Gasteiger partial charge in [-0.3, -0.25) is 0 Å². The summed E-state index contributed by atoms with van der Waals surface area (Å²) in [6.07, 6.45) is 1.01. The van der Waals surface area contributed by atoms with Crippen LogP contribution in [0.4, 0.5) is 5.13 Å². The summed E-state index contributed by atoms with van der Waals surface area (Å²) in [4.78, 5) is 4.31. The number of aromatic nitrogens is 2. The SMILES string of the molecule is Cc1nsc(NC(C)Cc2ccccc2C)n1. The van der Waals surface area contributed by atoms with Crippen LogP contribution < -0.4 is 5.32 Å². The van der Waals surface area contributed by atoms with Crippen LogP contribution in [0.15, 0.2) is 24.3 Å². The van der Waals surface area contributed by atoms with Gasteiger partial charge in [0.1, 0.15) is 5.82 Å². The summed E-state index contributed by atoms with van der Waals surface area (Å²) >= 11 is 1.42. The van der Waals surface area contributed by atoms with Crippen LogP contribution >= 0.6 is 11.5 Å². The van der Waals surface area contributed by atoms with Crippen molar-refractivity contribution in [1.29, 1.82) is 0 Å². The highest BCUT2D eigenvalue weighted by molar-refractivity contribution is 7.09. The zero-order chi connectivity index (χ0) is 12.3. The molecule has 0 aliphatic rings. The Balaban J connectivity index is 1.98. The van der Waals surface area contributed by atoms with E-state index in [1.54, 1.807) is 0 Å². The smallest absolute Gasteiger partial charge is 0.202 e. The maximum atomic E-state index is 4.31. The molecule has 1 N–H and O–H groups in total. The molecule has 3 nitrogen and oxygen atoms in total. The molecule has 0 radical (unpaired) electrons. The summed E-state index contributed by atoms with van der Waals surface area (Å²) in [5.74, 6) is 0.834. The first-order chi connectivity index (χ1) is 8.15. The largest absolute Gasteiger partial charge is 0.357 e. The summed E-state index contributed by atoms with van der Waals surface area (Å²) in [5, 5.41) is 4.29. The molecule has 0 aliphatic carbocycles. The van der Waals surface area contributed by atoms with Crippen molar-refractivity contribution in [2.45, 2.75) is 33.2 Å². The van der Waals surface area contributed by atoms with Crippen LogP contribution in [-0.2, 0) is 6.42 Å². The van der Waals surface area contributed by atoms with E-state index >= 15 is 0 Å². The van der Waals surface area contributed by atoms with E-state index in [0.29, 0.717) is 6.04 Å². The van der Waals surface area contributed by atoms with Crippen molar-refractivity contribution in [3.05, 3.63) is 41.2 Å². The van der Waals surface area contributed by atoms with E-state index in [0.717, 1.165) is 17.4 Å². The van der Waals surface area contributed by atoms with Gasteiger partial charge in [-0.15, -0.1) is 0 Å². The van der Waals surface area contributed by atoms with Crippen molar-refractivity contribution >= 4 is 16.7 Å². The number of hydrogen-bond acceptors (Lipinski definition) is 4. The highest BCUT2D eigenvalue weighted by Crippen LogP contribution is 2.15. The second-order valence-corrected chi connectivity index (χ2v) is 5.07. The second kappa shape index (κ2) is 5.27. The molecule has 2 rings (SSSR count). The van der Waals surface area contributed by atoms with E-state index in [1.807, 2.05) is 6.92 Å². The Labute approximate surface area is 106 Å². The van der Waals surface area contributed by atoms with Gasteiger partial charge in [0.05, 0.1) is 0 Å². The fraction of sp³-hybridized carbons (Fsp3) is 0.385. The lowest BCUT2D eigenvalue weighted by atomic mass is 10.0. The minimum absolute atomic E-state index is 0.364. The fourth-order valence-corrected chi connectivity index (χ4v) is 2.47. The molecule has 90 valence electrons. The number of benzene rings is 1. The van der Waals surface area contributed by atoms with Gasteiger partial charge >= 0.3 is 0 Å². The lowest BCUT2D eigenvalue weighted by Gasteiger charge is -2.14. The number of hydrogen-bond donors (Lipinski definition) is 1. The van der Waals surface area contributed by atoms with Gasteiger partial charge in [-0.05, 0) is 38.3 Å². The van der Waals surface area contributed by atoms with Gasteiger partial charge in [-0.25, -0.2) is 4.98 Å². The molecule has 0 spiro atoms. The summed E-state index contributed by atoms with van der Waals surface area (Å²) in [7, 11) is 0.